The fraction of sp³-hybridized carbons (Fsp3) is 0.750. The number of aliphatic carboxylic acids is 1. The van der Waals surface area contributed by atoms with Crippen LogP contribution in [0.1, 0.15) is 13.3 Å². The SMILES string of the molecule is CC(CCNC(=O)NCC(F)F)C(=O)O. The first-order valence-corrected chi connectivity index (χ1v) is 4.46. The molecule has 0 spiro atoms. The van der Waals surface area contributed by atoms with Gasteiger partial charge >= 0.3 is 12.0 Å². The zero-order valence-corrected chi connectivity index (χ0v) is 8.30. The van der Waals surface area contributed by atoms with Crippen LogP contribution in [0.25, 0.3) is 0 Å². The van der Waals surface area contributed by atoms with E-state index in [1.54, 1.807) is 0 Å². The fourth-order valence-corrected chi connectivity index (χ4v) is 0.758. The molecule has 5 nitrogen and oxygen atoms in total. The predicted molar refractivity (Wildman–Crippen MR) is 48.8 cm³/mol. The van der Waals surface area contributed by atoms with E-state index in [1.807, 2.05) is 5.32 Å². The largest absolute Gasteiger partial charge is 0.481 e. The van der Waals surface area contributed by atoms with Crippen LogP contribution < -0.4 is 10.6 Å². The van der Waals surface area contributed by atoms with Gasteiger partial charge in [-0.2, -0.15) is 0 Å². The van der Waals surface area contributed by atoms with Crippen molar-refractivity contribution in [2.75, 3.05) is 13.1 Å². The minimum Gasteiger partial charge on any atom is -0.481 e. The van der Waals surface area contributed by atoms with E-state index in [9.17, 15) is 18.4 Å². The maximum Gasteiger partial charge on any atom is 0.314 e. The number of nitrogens with one attached hydrogen (secondary N) is 2. The van der Waals surface area contributed by atoms with Gasteiger partial charge in [0.1, 0.15) is 0 Å². The number of urea groups is 1. The molecule has 0 aromatic heterocycles. The Labute approximate surface area is 85.8 Å². The van der Waals surface area contributed by atoms with Gasteiger partial charge in [0, 0.05) is 6.54 Å². The summed E-state index contributed by atoms with van der Waals surface area (Å²) in [6.07, 6.45) is -2.33. The molecule has 1 atom stereocenters. The lowest BCUT2D eigenvalue weighted by atomic mass is 10.1. The van der Waals surface area contributed by atoms with Crippen molar-refractivity contribution in [2.24, 2.45) is 5.92 Å². The summed E-state index contributed by atoms with van der Waals surface area (Å²) >= 11 is 0. The minimum atomic E-state index is -2.59. The average molecular weight is 224 g/mol. The summed E-state index contributed by atoms with van der Waals surface area (Å²) in [6.45, 7) is 0.934. The van der Waals surface area contributed by atoms with E-state index in [4.69, 9.17) is 5.11 Å². The Morgan fingerprint density at radius 2 is 1.93 bits per heavy atom. The first-order valence-electron chi connectivity index (χ1n) is 4.46. The third-order valence-corrected chi connectivity index (χ3v) is 1.70. The molecule has 0 aliphatic heterocycles. The van der Waals surface area contributed by atoms with Crippen molar-refractivity contribution in [3.63, 3.8) is 0 Å². The highest BCUT2D eigenvalue weighted by atomic mass is 19.3. The molecule has 7 heteroatoms. The fourth-order valence-electron chi connectivity index (χ4n) is 0.758. The van der Waals surface area contributed by atoms with E-state index in [2.05, 4.69) is 5.32 Å². The van der Waals surface area contributed by atoms with Crippen LogP contribution >= 0.6 is 0 Å². The molecule has 2 amide bonds. The number of carboxylic acid groups (broad SMARTS) is 1. The second-order valence-electron chi connectivity index (χ2n) is 3.06. The maximum absolute atomic E-state index is 11.6. The van der Waals surface area contributed by atoms with Crippen molar-refractivity contribution in [1.29, 1.82) is 0 Å². The Hall–Kier alpha value is -1.40. The summed E-state index contributed by atoms with van der Waals surface area (Å²) in [6, 6.07) is -0.715. The zero-order valence-electron chi connectivity index (χ0n) is 8.30. The molecule has 0 radical (unpaired) electrons. The summed E-state index contributed by atoms with van der Waals surface area (Å²) in [5.74, 6) is -1.52. The van der Waals surface area contributed by atoms with Crippen molar-refractivity contribution >= 4 is 12.0 Å². The topological polar surface area (TPSA) is 78.4 Å². The molecule has 0 bridgehead atoms. The standard InChI is InChI=1S/C8H14F2N2O3/c1-5(7(13)14)2-3-11-8(15)12-4-6(9)10/h5-6H,2-4H2,1H3,(H,13,14)(H2,11,12,15). The number of rotatable bonds is 6. The quantitative estimate of drug-likeness (QED) is 0.620. The number of hydrogen-bond acceptors (Lipinski definition) is 2. The lowest BCUT2D eigenvalue weighted by molar-refractivity contribution is -0.141. The molecule has 1 unspecified atom stereocenters. The van der Waals surface area contributed by atoms with Crippen LogP contribution in [0, 0.1) is 5.92 Å². The number of carbonyl (C=O) groups is 2. The van der Waals surface area contributed by atoms with Gasteiger partial charge in [-0.1, -0.05) is 6.92 Å². The Kier molecular flexibility index (Phi) is 6.32. The van der Waals surface area contributed by atoms with Crippen LogP contribution in [0.15, 0.2) is 0 Å². The summed E-state index contributed by atoms with van der Waals surface area (Å²) in [4.78, 5) is 21.2. The monoisotopic (exact) mass is 224 g/mol. The molecule has 0 heterocycles. The number of alkyl halides is 2. The molecule has 88 valence electrons. The second-order valence-corrected chi connectivity index (χ2v) is 3.06. The Balaban J connectivity index is 3.51. The molecule has 15 heavy (non-hydrogen) atoms. The molecular weight excluding hydrogens is 210 g/mol. The summed E-state index contributed by atoms with van der Waals surface area (Å²) < 4.78 is 23.3. The molecule has 0 saturated carbocycles. The van der Waals surface area contributed by atoms with Gasteiger partial charge in [-0.15, -0.1) is 0 Å². The number of amides is 2. The zero-order chi connectivity index (χ0) is 11.8. The van der Waals surface area contributed by atoms with Gasteiger partial charge in [-0.3, -0.25) is 4.79 Å². The number of halogens is 2. The molecule has 3 N–H and O–H groups in total. The van der Waals surface area contributed by atoms with Crippen LogP contribution in [0.4, 0.5) is 13.6 Å². The summed E-state index contributed by atoms with van der Waals surface area (Å²) in [5, 5.41) is 12.7. The third-order valence-electron chi connectivity index (χ3n) is 1.70. The first-order chi connectivity index (χ1) is 6.93. The normalized spacial score (nSPS) is 12.3. The summed E-state index contributed by atoms with van der Waals surface area (Å²) in [7, 11) is 0. The molecule has 0 aliphatic rings. The van der Waals surface area contributed by atoms with Crippen LogP contribution in [-0.2, 0) is 4.79 Å². The molecule has 0 aromatic carbocycles. The van der Waals surface area contributed by atoms with E-state index in [-0.39, 0.29) is 13.0 Å². The van der Waals surface area contributed by atoms with Gasteiger partial charge in [0.2, 0.25) is 0 Å². The molecule has 0 saturated heterocycles. The minimum absolute atomic E-state index is 0.141. The number of carboxylic acids is 1. The Bertz CT molecular complexity index is 224. The number of carbonyl (C=O) groups excluding carboxylic acids is 1. The number of hydrogen-bond donors (Lipinski definition) is 3. The van der Waals surface area contributed by atoms with Gasteiger partial charge in [0.05, 0.1) is 12.5 Å². The lowest BCUT2D eigenvalue weighted by Gasteiger charge is -2.08. The van der Waals surface area contributed by atoms with Crippen LogP contribution in [0.2, 0.25) is 0 Å². The van der Waals surface area contributed by atoms with Gasteiger partial charge in [-0.25, -0.2) is 13.6 Å². The molecular formula is C8H14F2N2O3. The Morgan fingerprint density at radius 3 is 2.40 bits per heavy atom. The van der Waals surface area contributed by atoms with Crippen molar-refractivity contribution in [2.45, 2.75) is 19.8 Å². The van der Waals surface area contributed by atoms with E-state index in [0.717, 1.165) is 0 Å². The van der Waals surface area contributed by atoms with Gasteiger partial charge < -0.3 is 15.7 Å². The van der Waals surface area contributed by atoms with Crippen LogP contribution in [-0.4, -0.2) is 36.6 Å². The molecule has 0 aliphatic carbocycles. The van der Waals surface area contributed by atoms with Crippen molar-refractivity contribution in [3.8, 4) is 0 Å². The first kappa shape index (κ1) is 13.6. The van der Waals surface area contributed by atoms with Crippen molar-refractivity contribution < 1.29 is 23.5 Å². The van der Waals surface area contributed by atoms with Gasteiger partial charge in [-0.05, 0) is 6.42 Å². The summed E-state index contributed by atoms with van der Waals surface area (Å²) in [5.41, 5.74) is 0. The molecule has 0 fully saturated rings. The average Bonchev–Trinajstić information content (AvgIpc) is 2.14. The predicted octanol–water partition coefficient (Wildman–Crippen LogP) is 0.661. The highest BCUT2D eigenvalue weighted by molar-refractivity contribution is 5.74. The van der Waals surface area contributed by atoms with Gasteiger partial charge in [0.15, 0.2) is 0 Å². The highest BCUT2D eigenvalue weighted by Gasteiger charge is 2.11. The van der Waals surface area contributed by atoms with E-state index < -0.39 is 30.9 Å². The Morgan fingerprint density at radius 1 is 1.33 bits per heavy atom. The van der Waals surface area contributed by atoms with Crippen LogP contribution in [0.5, 0.6) is 0 Å². The maximum atomic E-state index is 11.6. The van der Waals surface area contributed by atoms with E-state index in [1.165, 1.54) is 6.92 Å². The van der Waals surface area contributed by atoms with Crippen molar-refractivity contribution in [3.05, 3.63) is 0 Å². The smallest absolute Gasteiger partial charge is 0.314 e. The highest BCUT2D eigenvalue weighted by Crippen LogP contribution is 1.99. The molecule has 0 rings (SSSR count). The molecule has 0 aromatic rings. The van der Waals surface area contributed by atoms with Crippen molar-refractivity contribution in [1.82, 2.24) is 10.6 Å². The lowest BCUT2D eigenvalue weighted by Crippen LogP contribution is -2.39. The van der Waals surface area contributed by atoms with E-state index >= 15 is 0 Å². The van der Waals surface area contributed by atoms with Gasteiger partial charge in [0.25, 0.3) is 6.43 Å². The third kappa shape index (κ3) is 7.65. The van der Waals surface area contributed by atoms with E-state index in [0.29, 0.717) is 0 Å². The second kappa shape index (κ2) is 6.97. The van der Waals surface area contributed by atoms with Crippen LogP contribution in [0.3, 0.4) is 0 Å².